The summed E-state index contributed by atoms with van der Waals surface area (Å²) in [7, 11) is 0. The number of halogens is 2. The third-order valence-corrected chi connectivity index (χ3v) is 8.24. The molecular formula is C27H25F2N5O2. The molecule has 1 N–H and O–H groups in total. The number of hydrogen-bond donors (Lipinski definition) is 1. The second kappa shape index (κ2) is 7.46. The van der Waals surface area contributed by atoms with Crippen LogP contribution in [0.25, 0.3) is 22.8 Å². The van der Waals surface area contributed by atoms with Crippen molar-refractivity contribution >= 4 is 0 Å². The predicted molar refractivity (Wildman–Crippen MR) is 127 cm³/mol. The van der Waals surface area contributed by atoms with E-state index in [1.165, 1.54) is 18.2 Å². The van der Waals surface area contributed by atoms with Crippen molar-refractivity contribution in [3.63, 3.8) is 0 Å². The van der Waals surface area contributed by atoms with Crippen LogP contribution in [0.1, 0.15) is 69.2 Å². The van der Waals surface area contributed by atoms with Crippen molar-refractivity contribution in [1.82, 2.24) is 25.3 Å². The van der Waals surface area contributed by atoms with Crippen LogP contribution in [0.15, 0.2) is 47.0 Å². The predicted octanol–water partition coefficient (Wildman–Crippen LogP) is 5.30. The van der Waals surface area contributed by atoms with E-state index in [4.69, 9.17) is 9.51 Å². The fraction of sp³-hybridized carbons (Fsp3) is 0.370. The average Bonchev–Trinajstić information content (AvgIpc) is 3.38. The molecule has 7 nitrogen and oxygen atoms in total. The summed E-state index contributed by atoms with van der Waals surface area (Å²) in [6, 6.07) is 11.2. The van der Waals surface area contributed by atoms with Gasteiger partial charge in [0.25, 0.3) is 5.89 Å². The lowest BCUT2D eigenvalue weighted by atomic mass is 9.48. The Morgan fingerprint density at radius 2 is 1.72 bits per heavy atom. The number of aromatic nitrogens is 5. The Morgan fingerprint density at radius 1 is 1.00 bits per heavy atom. The van der Waals surface area contributed by atoms with Gasteiger partial charge in [0.2, 0.25) is 5.82 Å². The topological polar surface area (TPSA) is 97.8 Å². The Bertz CT molecular complexity index is 1490. The van der Waals surface area contributed by atoms with Crippen LogP contribution in [0.5, 0.6) is 0 Å². The normalized spacial score (nSPS) is 24.8. The molecule has 3 atom stereocenters. The van der Waals surface area contributed by atoms with Crippen LogP contribution < -0.4 is 0 Å². The van der Waals surface area contributed by atoms with Gasteiger partial charge in [-0.3, -0.25) is 0 Å². The van der Waals surface area contributed by atoms with Gasteiger partial charge in [0.05, 0.1) is 28.1 Å². The number of aliphatic hydroxyl groups is 1. The number of pyridine rings is 1. The minimum absolute atomic E-state index is 0.0704. The van der Waals surface area contributed by atoms with Gasteiger partial charge < -0.3 is 9.63 Å². The summed E-state index contributed by atoms with van der Waals surface area (Å²) in [5.74, 6) is -0.874. The smallest absolute Gasteiger partial charge is 0.276 e. The van der Waals surface area contributed by atoms with Gasteiger partial charge in [0, 0.05) is 0 Å². The summed E-state index contributed by atoms with van der Waals surface area (Å²) in [6.07, 6.45) is 1.77. The molecule has 2 aliphatic rings. The average molecular weight is 490 g/mol. The quantitative estimate of drug-likeness (QED) is 0.416. The lowest BCUT2D eigenvalue weighted by molar-refractivity contribution is 0.0334. The van der Waals surface area contributed by atoms with Gasteiger partial charge >= 0.3 is 0 Å². The third kappa shape index (κ3) is 2.95. The van der Waals surface area contributed by atoms with Gasteiger partial charge in [-0.05, 0) is 73.9 Å². The van der Waals surface area contributed by atoms with E-state index in [1.54, 1.807) is 26.0 Å². The maximum absolute atomic E-state index is 14.5. The Hall–Kier alpha value is -3.59. The lowest BCUT2D eigenvalue weighted by Crippen LogP contribution is -2.52. The van der Waals surface area contributed by atoms with Crippen LogP contribution in [0.3, 0.4) is 0 Å². The summed E-state index contributed by atoms with van der Waals surface area (Å²) in [5, 5.41) is 23.0. The van der Waals surface area contributed by atoms with Gasteiger partial charge in [-0.2, -0.15) is 10.1 Å². The first-order valence-electron chi connectivity index (χ1n) is 11.9. The summed E-state index contributed by atoms with van der Waals surface area (Å²) in [6.45, 7) is 7.50. The minimum Gasteiger partial charge on any atom is -0.382 e. The molecule has 0 saturated heterocycles. The molecule has 1 aromatic carbocycles. The van der Waals surface area contributed by atoms with E-state index in [-0.39, 0.29) is 34.3 Å². The van der Waals surface area contributed by atoms with Crippen LogP contribution in [0, 0.1) is 17.0 Å². The van der Waals surface area contributed by atoms with Gasteiger partial charge in [0.1, 0.15) is 22.9 Å². The first-order valence-corrected chi connectivity index (χ1v) is 11.9. The molecule has 1 unspecified atom stereocenters. The van der Waals surface area contributed by atoms with E-state index in [2.05, 4.69) is 34.2 Å². The summed E-state index contributed by atoms with van der Waals surface area (Å²) in [5.41, 5.74) is 1.09. The zero-order chi connectivity index (χ0) is 25.5. The van der Waals surface area contributed by atoms with Crippen molar-refractivity contribution in [2.75, 3.05) is 0 Å². The maximum Gasteiger partial charge on any atom is 0.276 e. The SMILES string of the molecule is C[C@H]1c2cc(-c3c(F)cccc3F)nnc2[C@@]2(c3cccc(-c4nc(C(C)(C)O)no4)n3)CCC12C. The van der Waals surface area contributed by atoms with Gasteiger partial charge in [-0.1, -0.05) is 31.1 Å². The molecular weight excluding hydrogens is 464 g/mol. The number of rotatable bonds is 4. The van der Waals surface area contributed by atoms with Crippen LogP contribution in [-0.2, 0) is 11.0 Å². The van der Waals surface area contributed by atoms with Crippen molar-refractivity contribution in [3.05, 3.63) is 76.9 Å². The third-order valence-electron chi connectivity index (χ3n) is 8.24. The maximum atomic E-state index is 14.5. The molecule has 0 spiro atoms. The summed E-state index contributed by atoms with van der Waals surface area (Å²) < 4.78 is 34.4. The van der Waals surface area contributed by atoms with E-state index in [9.17, 15) is 13.9 Å². The van der Waals surface area contributed by atoms with Crippen LogP contribution in [0.4, 0.5) is 8.78 Å². The Morgan fingerprint density at radius 3 is 2.36 bits per heavy atom. The molecule has 0 radical (unpaired) electrons. The highest BCUT2D eigenvalue weighted by Gasteiger charge is 2.67. The molecule has 3 heterocycles. The zero-order valence-corrected chi connectivity index (χ0v) is 20.4. The number of hydrogen-bond acceptors (Lipinski definition) is 7. The van der Waals surface area contributed by atoms with Crippen LogP contribution >= 0.6 is 0 Å². The Kier molecular flexibility index (Phi) is 4.73. The van der Waals surface area contributed by atoms with Crippen molar-refractivity contribution in [3.8, 4) is 22.8 Å². The molecule has 2 aliphatic carbocycles. The molecule has 184 valence electrons. The molecule has 4 aromatic rings. The Balaban J connectivity index is 1.47. The fourth-order valence-electron chi connectivity index (χ4n) is 5.93. The van der Waals surface area contributed by atoms with Gasteiger partial charge in [-0.25, -0.2) is 13.8 Å². The van der Waals surface area contributed by atoms with Gasteiger partial charge in [-0.15, -0.1) is 5.10 Å². The Labute approximate surface area is 206 Å². The molecule has 9 heteroatoms. The van der Waals surface area contributed by atoms with Crippen molar-refractivity contribution < 1.29 is 18.4 Å². The zero-order valence-electron chi connectivity index (χ0n) is 20.4. The van der Waals surface area contributed by atoms with E-state index in [0.29, 0.717) is 5.69 Å². The molecule has 36 heavy (non-hydrogen) atoms. The van der Waals surface area contributed by atoms with Crippen LogP contribution in [-0.4, -0.2) is 30.4 Å². The molecule has 3 aromatic heterocycles. The van der Waals surface area contributed by atoms with Gasteiger partial charge in [0.15, 0.2) is 0 Å². The highest BCUT2D eigenvalue weighted by atomic mass is 19.1. The summed E-state index contributed by atoms with van der Waals surface area (Å²) in [4.78, 5) is 9.24. The number of fused-ring (bicyclic) bond motifs is 3. The molecule has 0 bridgehead atoms. The van der Waals surface area contributed by atoms with E-state index in [1.807, 2.05) is 12.1 Å². The molecule has 6 rings (SSSR count). The van der Waals surface area contributed by atoms with Crippen molar-refractivity contribution in [1.29, 1.82) is 0 Å². The first-order chi connectivity index (χ1) is 17.1. The molecule has 0 aliphatic heterocycles. The second-order valence-electron chi connectivity index (χ2n) is 10.6. The van der Waals surface area contributed by atoms with E-state index >= 15 is 0 Å². The summed E-state index contributed by atoms with van der Waals surface area (Å²) >= 11 is 0. The monoisotopic (exact) mass is 489 g/mol. The van der Waals surface area contributed by atoms with Crippen molar-refractivity contribution in [2.24, 2.45) is 5.41 Å². The number of benzene rings is 1. The van der Waals surface area contributed by atoms with E-state index in [0.717, 1.165) is 29.8 Å². The second-order valence-corrected chi connectivity index (χ2v) is 10.6. The van der Waals surface area contributed by atoms with Crippen molar-refractivity contribution in [2.45, 2.75) is 57.5 Å². The molecule has 1 saturated carbocycles. The van der Waals surface area contributed by atoms with E-state index < -0.39 is 22.7 Å². The largest absolute Gasteiger partial charge is 0.382 e. The molecule has 0 amide bonds. The highest BCUT2D eigenvalue weighted by molar-refractivity contribution is 5.64. The lowest BCUT2D eigenvalue weighted by Gasteiger charge is -2.55. The number of nitrogens with zero attached hydrogens (tertiary/aromatic N) is 5. The van der Waals surface area contributed by atoms with Crippen LogP contribution in [0.2, 0.25) is 0 Å². The first kappa shape index (κ1) is 22.8. The molecule has 1 fully saturated rings. The standard InChI is InChI=1S/C27H25F2N5O2/c1-14-15-13-19(21-16(28)7-5-8-17(21)29)32-33-22(15)27(12-11-26(14,27)4)20-10-6-9-18(30-20)23-31-24(34-36-23)25(2,3)35/h5-10,13-14,35H,11-12H2,1-4H3/t14-,26?,27-/m0/s1. The fourth-order valence-corrected chi connectivity index (χ4v) is 5.93. The minimum atomic E-state index is -1.24. The highest BCUT2D eigenvalue weighted by Crippen LogP contribution is 2.71.